The molecule has 3 rings (SSSR count). The normalized spacial score (nSPS) is 15.3. The van der Waals surface area contributed by atoms with Gasteiger partial charge in [0.25, 0.3) is 0 Å². The molecule has 1 heterocycles. The highest BCUT2D eigenvalue weighted by atomic mass is 79.9. The second kappa shape index (κ2) is 5.88. The molecule has 2 nitrogen and oxygen atoms in total. The van der Waals surface area contributed by atoms with E-state index in [1.54, 1.807) is 0 Å². The summed E-state index contributed by atoms with van der Waals surface area (Å²) in [5.41, 5.74) is 9.84. The number of nitrogens with two attached hydrogens (primary N) is 1. The second-order valence-electron chi connectivity index (χ2n) is 4.97. The SMILES string of the molecule is NC(c1cc(Br)cc(Br)c1)c1cccc2c1OCCC2. The van der Waals surface area contributed by atoms with Crippen LogP contribution in [-0.4, -0.2) is 6.61 Å². The first kappa shape index (κ1) is 14.1. The Bertz CT molecular complexity index is 622. The topological polar surface area (TPSA) is 35.2 Å². The van der Waals surface area contributed by atoms with Crippen LogP contribution in [-0.2, 0) is 6.42 Å². The predicted octanol–water partition coefficient (Wildman–Crippen LogP) is 4.58. The first-order chi connectivity index (χ1) is 9.65. The van der Waals surface area contributed by atoms with Gasteiger partial charge in [-0.25, -0.2) is 0 Å². The van der Waals surface area contributed by atoms with Gasteiger partial charge < -0.3 is 10.5 Å². The highest BCUT2D eigenvalue weighted by Crippen LogP contribution is 2.35. The fourth-order valence-electron chi connectivity index (χ4n) is 2.59. The van der Waals surface area contributed by atoms with Crippen LogP contribution >= 0.6 is 31.9 Å². The zero-order valence-corrected chi connectivity index (χ0v) is 14.1. The van der Waals surface area contributed by atoms with Gasteiger partial charge >= 0.3 is 0 Å². The average Bonchev–Trinajstić information content (AvgIpc) is 2.45. The van der Waals surface area contributed by atoms with Gasteiger partial charge in [0.2, 0.25) is 0 Å². The Morgan fingerprint density at radius 3 is 2.60 bits per heavy atom. The Morgan fingerprint density at radius 2 is 1.85 bits per heavy atom. The van der Waals surface area contributed by atoms with Crippen LogP contribution in [0, 0.1) is 0 Å². The van der Waals surface area contributed by atoms with E-state index in [9.17, 15) is 0 Å². The van der Waals surface area contributed by atoms with E-state index in [2.05, 4.69) is 62.2 Å². The molecule has 0 spiro atoms. The molecular formula is C16H15Br2NO. The number of ether oxygens (including phenoxy) is 1. The molecule has 1 atom stereocenters. The third-order valence-electron chi connectivity index (χ3n) is 3.54. The summed E-state index contributed by atoms with van der Waals surface area (Å²) in [5, 5.41) is 0. The molecule has 0 radical (unpaired) electrons. The van der Waals surface area contributed by atoms with E-state index in [-0.39, 0.29) is 6.04 Å². The lowest BCUT2D eigenvalue weighted by Gasteiger charge is -2.23. The van der Waals surface area contributed by atoms with Gasteiger partial charge in [-0.1, -0.05) is 50.1 Å². The summed E-state index contributed by atoms with van der Waals surface area (Å²) < 4.78 is 7.89. The third-order valence-corrected chi connectivity index (χ3v) is 4.46. The Morgan fingerprint density at radius 1 is 1.10 bits per heavy atom. The molecule has 0 aliphatic carbocycles. The second-order valence-corrected chi connectivity index (χ2v) is 6.80. The number of aryl methyl sites for hydroxylation is 1. The maximum atomic E-state index is 6.46. The predicted molar refractivity (Wildman–Crippen MR) is 88.1 cm³/mol. The van der Waals surface area contributed by atoms with Gasteiger partial charge in [0.1, 0.15) is 5.75 Å². The lowest BCUT2D eigenvalue weighted by atomic mass is 9.94. The molecule has 0 aromatic heterocycles. The maximum Gasteiger partial charge on any atom is 0.127 e. The monoisotopic (exact) mass is 395 g/mol. The number of hydrogen-bond donors (Lipinski definition) is 1. The number of para-hydroxylation sites is 1. The molecular weight excluding hydrogens is 382 g/mol. The van der Waals surface area contributed by atoms with E-state index in [4.69, 9.17) is 10.5 Å². The molecule has 4 heteroatoms. The Hall–Kier alpha value is -0.840. The van der Waals surface area contributed by atoms with Crippen molar-refractivity contribution in [3.05, 3.63) is 62.0 Å². The third kappa shape index (κ3) is 2.78. The Labute approximate surface area is 135 Å². The molecule has 0 amide bonds. The van der Waals surface area contributed by atoms with Crippen molar-refractivity contribution in [3.8, 4) is 5.75 Å². The largest absolute Gasteiger partial charge is 0.493 e. The van der Waals surface area contributed by atoms with Gasteiger partial charge in [-0.2, -0.15) is 0 Å². The lowest BCUT2D eigenvalue weighted by Crippen LogP contribution is -2.17. The van der Waals surface area contributed by atoms with Gasteiger partial charge in [0.05, 0.1) is 12.6 Å². The first-order valence-electron chi connectivity index (χ1n) is 6.61. The van der Waals surface area contributed by atoms with Crippen molar-refractivity contribution in [1.29, 1.82) is 0 Å². The standard InChI is InChI=1S/C16H15Br2NO/c17-12-7-11(8-13(18)9-12)15(19)14-5-1-3-10-4-2-6-20-16(10)14/h1,3,5,7-9,15H,2,4,6,19H2. The minimum Gasteiger partial charge on any atom is -0.493 e. The molecule has 1 aliphatic heterocycles. The number of rotatable bonds is 2. The number of hydrogen-bond acceptors (Lipinski definition) is 2. The Balaban J connectivity index is 2.04. The first-order valence-corrected chi connectivity index (χ1v) is 8.20. The van der Waals surface area contributed by atoms with Gasteiger partial charge in [-0.15, -0.1) is 0 Å². The van der Waals surface area contributed by atoms with Gasteiger partial charge in [-0.3, -0.25) is 0 Å². The van der Waals surface area contributed by atoms with Crippen LogP contribution in [0.25, 0.3) is 0 Å². The van der Waals surface area contributed by atoms with E-state index in [0.717, 1.165) is 45.3 Å². The van der Waals surface area contributed by atoms with Gasteiger partial charge in [0, 0.05) is 14.5 Å². The highest BCUT2D eigenvalue weighted by molar-refractivity contribution is 9.11. The van der Waals surface area contributed by atoms with Crippen molar-refractivity contribution >= 4 is 31.9 Å². The van der Waals surface area contributed by atoms with Gasteiger partial charge in [0.15, 0.2) is 0 Å². The summed E-state index contributed by atoms with van der Waals surface area (Å²) >= 11 is 7.02. The van der Waals surface area contributed by atoms with Crippen LogP contribution in [0.15, 0.2) is 45.3 Å². The van der Waals surface area contributed by atoms with Crippen molar-refractivity contribution in [2.75, 3.05) is 6.61 Å². The zero-order chi connectivity index (χ0) is 14.1. The summed E-state index contributed by atoms with van der Waals surface area (Å²) in [6, 6.07) is 12.2. The minimum atomic E-state index is -0.183. The molecule has 2 N–H and O–H groups in total. The molecule has 0 saturated heterocycles. The van der Waals surface area contributed by atoms with Crippen LogP contribution in [0.2, 0.25) is 0 Å². The van der Waals surface area contributed by atoms with Crippen molar-refractivity contribution in [1.82, 2.24) is 0 Å². The van der Waals surface area contributed by atoms with Gasteiger partial charge in [-0.05, 0) is 42.2 Å². The molecule has 0 saturated carbocycles. The number of fused-ring (bicyclic) bond motifs is 1. The summed E-state index contributed by atoms with van der Waals surface area (Å²) in [6.45, 7) is 0.777. The summed E-state index contributed by atoms with van der Waals surface area (Å²) in [7, 11) is 0. The average molecular weight is 397 g/mol. The summed E-state index contributed by atoms with van der Waals surface area (Å²) in [6.07, 6.45) is 2.15. The molecule has 104 valence electrons. The fraction of sp³-hybridized carbons (Fsp3) is 0.250. The summed E-state index contributed by atoms with van der Waals surface area (Å²) in [5.74, 6) is 0.974. The van der Waals surface area contributed by atoms with Crippen molar-refractivity contribution in [2.45, 2.75) is 18.9 Å². The lowest BCUT2D eigenvalue weighted by molar-refractivity contribution is 0.284. The molecule has 20 heavy (non-hydrogen) atoms. The fourth-order valence-corrected chi connectivity index (χ4v) is 3.92. The summed E-state index contributed by atoms with van der Waals surface area (Å²) in [4.78, 5) is 0. The van der Waals surface area contributed by atoms with E-state index in [1.807, 2.05) is 6.07 Å². The van der Waals surface area contributed by atoms with Crippen molar-refractivity contribution < 1.29 is 4.74 Å². The van der Waals surface area contributed by atoms with Crippen LogP contribution in [0.4, 0.5) is 0 Å². The van der Waals surface area contributed by atoms with E-state index < -0.39 is 0 Å². The zero-order valence-electron chi connectivity index (χ0n) is 10.9. The Kier molecular flexibility index (Phi) is 4.15. The van der Waals surface area contributed by atoms with E-state index in [1.165, 1.54) is 5.56 Å². The van der Waals surface area contributed by atoms with Crippen molar-refractivity contribution in [2.24, 2.45) is 5.73 Å². The number of halogens is 2. The molecule has 0 fully saturated rings. The van der Waals surface area contributed by atoms with E-state index >= 15 is 0 Å². The maximum absolute atomic E-state index is 6.46. The molecule has 1 unspecified atom stereocenters. The minimum absolute atomic E-state index is 0.183. The van der Waals surface area contributed by atoms with Crippen LogP contribution in [0.3, 0.4) is 0 Å². The van der Waals surface area contributed by atoms with Crippen LogP contribution in [0.5, 0.6) is 5.75 Å². The van der Waals surface area contributed by atoms with Crippen LogP contribution in [0.1, 0.15) is 29.2 Å². The highest BCUT2D eigenvalue weighted by Gasteiger charge is 2.20. The quantitative estimate of drug-likeness (QED) is 0.805. The molecule has 1 aliphatic rings. The molecule has 2 aromatic carbocycles. The smallest absolute Gasteiger partial charge is 0.127 e. The molecule has 2 aromatic rings. The van der Waals surface area contributed by atoms with Crippen molar-refractivity contribution in [3.63, 3.8) is 0 Å². The number of benzene rings is 2. The van der Waals surface area contributed by atoms with Crippen LogP contribution < -0.4 is 10.5 Å². The molecule has 0 bridgehead atoms. The van der Waals surface area contributed by atoms with E-state index in [0.29, 0.717) is 0 Å².